The number of carbonyl (C=O) groups is 1. The third kappa shape index (κ3) is 56.6. The highest BCUT2D eigenvalue weighted by molar-refractivity contribution is 5.79. The van der Waals surface area contributed by atoms with Gasteiger partial charge in [0.15, 0.2) is 0 Å². The Bertz CT molecular complexity index is 4020. The zero-order chi connectivity index (χ0) is 103. The maximum Gasteiger partial charge on any atom is 0.337 e. The summed E-state index contributed by atoms with van der Waals surface area (Å²) in [5.41, 5.74) is 6.36. The van der Waals surface area contributed by atoms with E-state index in [0.29, 0.717) is 69.9 Å². The SMILES string of the molecule is CC(O)CN1CCCCC1.CN1CCC(=O)CC1.CN1CCCC(CO)C1.OC1CCCN(Cc2ccccc2)C1.OC1CCN(Cc2ccccc2)CC1.OCC(O)CN1CCCCC1.OCC1CCN(Cc2ccccc2)CC1.OCCC1(O)CCN(Cc2ccccc2)CC1.OCCC1CCN(Cc2ccccc2)CC1.OCCCC1CCN(CCO)CC1.[C-]#[N+]C1(O)CCN(Cc2ccccc2)CC1. The van der Waals surface area contributed by atoms with E-state index >= 15 is 0 Å². The summed E-state index contributed by atoms with van der Waals surface area (Å²) in [7, 11) is 4.16. The maximum atomic E-state index is 10.6. The zero-order valence-electron chi connectivity index (χ0n) is 88.2. The smallest absolute Gasteiger partial charge is 0.337 e. The number of hydrogen-bond donors (Lipinski definition) is 13. The first-order valence-electron chi connectivity index (χ1n) is 54.9. The monoisotopic (exact) mass is 1990 g/mol. The third-order valence-electron chi connectivity index (χ3n) is 29.5. The molecule has 17 rings (SSSR count). The molecule has 11 aliphatic heterocycles. The molecule has 26 heteroatoms. The molecule has 11 aliphatic rings. The highest BCUT2D eigenvalue weighted by Gasteiger charge is 2.38. The van der Waals surface area contributed by atoms with E-state index in [1.165, 1.54) is 150 Å². The molecular weight excluding hydrogens is 1800 g/mol. The van der Waals surface area contributed by atoms with Crippen molar-refractivity contribution in [1.29, 1.82) is 0 Å². The van der Waals surface area contributed by atoms with Crippen molar-refractivity contribution < 1.29 is 71.2 Å². The van der Waals surface area contributed by atoms with Gasteiger partial charge in [0.1, 0.15) is 5.78 Å². The Morgan fingerprint density at radius 2 is 0.706 bits per heavy atom. The summed E-state index contributed by atoms with van der Waals surface area (Å²) in [5, 5.41) is 119. The van der Waals surface area contributed by atoms with E-state index < -0.39 is 17.4 Å². The lowest BCUT2D eigenvalue weighted by Gasteiger charge is -2.38. The van der Waals surface area contributed by atoms with Crippen LogP contribution in [0.5, 0.6) is 0 Å². The number of aliphatic hydroxyl groups excluding tert-OH is 11. The average molecular weight is 1990 g/mol. The molecule has 804 valence electrons. The molecule has 26 nitrogen and oxygen atoms in total. The number of benzene rings is 6. The minimum Gasteiger partial charge on any atom is -0.396 e. The largest absolute Gasteiger partial charge is 0.396 e. The third-order valence-corrected chi connectivity index (χ3v) is 29.5. The van der Waals surface area contributed by atoms with Crippen molar-refractivity contribution in [3.05, 3.63) is 227 Å². The predicted molar refractivity (Wildman–Crippen MR) is 579 cm³/mol. The summed E-state index contributed by atoms with van der Waals surface area (Å²) >= 11 is 0. The van der Waals surface area contributed by atoms with Gasteiger partial charge >= 0.3 is 5.72 Å². The first kappa shape index (κ1) is 123. The van der Waals surface area contributed by atoms with Crippen LogP contribution >= 0.6 is 0 Å². The fraction of sp³-hybridized carbons (Fsp3) is 0.675. The zero-order valence-corrected chi connectivity index (χ0v) is 88.2. The summed E-state index contributed by atoms with van der Waals surface area (Å²) in [6.07, 6.45) is 28.3. The molecule has 0 radical (unpaired) electrons. The van der Waals surface area contributed by atoms with Gasteiger partial charge in [-0.3, -0.25) is 39.0 Å². The predicted octanol–water partition coefficient (Wildman–Crippen LogP) is 12.5. The lowest BCUT2D eigenvalue weighted by molar-refractivity contribution is -0.121. The van der Waals surface area contributed by atoms with Gasteiger partial charge in [-0.2, -0.15) is 0 Å². The van der Waals surface area contributed by atoms with Crippen molar-refractivity contribution in [3.8, 4) is 0 Å². The second-order valence-electron chi connectivity index (χ2n) is 42.0. The molecule has 6 aromatic carbocycles. The van der Waals surface area contributed by atoms with Crippen molar-refractivity contribution >= 4 is 5.78 Å². The normalized spacial score (nSPS) is 21.7. The van der Waals surface area contributed by atoms with Gasteiger partial charge in [0.25, 0.3) is 0 Å². The molecule has 0 saturated carbocycles. The first-order chi connectivity index (χ1) is 69.5. The Morgan fingerprint density at radius 3 is 1.06 bits per heavy atom. The molecule has 4 atom stereocenters. The topological polar surface area (TPSA) is 320 Å². The molecule has 0 amide bonds. The Kier molecular flexibility index (Phi) is 65.0. The Morgan fingerprint density at radius 1 is 0.343 bits per heavy atom. The van der Waals surface area contributed by atoms with Crippen LogP contribution in [-0.4, -0.2) is 386 Å². The number of piperidine rings is 11. The van der Waals surface area contributed by atoms with E-state index in [-0.39, 0.29) is 38.1 Å². The van der Waals surface area contributed by atoms with E-state index in [1.54, 1.807) is 0 Å². The van der Waals surface area contributed by atoms with Crippen molar-refractivity contribution in [2.24, 2.45) is 23.7 Å². The van der Waals surface area contributed by atoms with E-state index in [4.69, 9.17) is 52.5 Å². The highest BCUT2D eigenvalue weighted by Crippen LogP contribution is 2.30. The van der Waals surface area contributed by atoms with Gasteiger partial charge in [0.05, 0.1) is 56.1 Å². The lowest BCUT2D eigenvalue weighted by Crippen LogP contribution is -2.44. The quantitative estimate of drug-likeness (QED) is 0.0203. The van der Waals surface area contributed by atoms with Crippen LogP contribution in [0.1, 0.15) is 220 Å². The standard InChI is InChI=1S/C14H21NO2.C14H21NO.C13H16N2O.C13H19NO.2C12H17NO.C10H21NO2.C8H17NO2.C8H17NO.C7H15NO.C6H11NO/c16-11-8-14(17)6-9-15(10-7-14)12-13-4-2-1-3-5-13;16-11-8-13-6-9-15(10-7-13)12-14-4-2-1-3-5-14;1-14-13(16)7-9-15(10-8-13)11-12-5-3-2-4-6-12;15-11-13-6-8-14(9-7-13)10-12-4-2-1-3-5-12;14-12-7-4-8-13(10-12)9-11-5-2-1-3-6-11;14-12-6-8-13(9-7-12)10-11-4-2-1-3-5-11;12-8-1-2-10-3-5-11(6-4-10)7-9-13;10-7-8(11)6-9-4-2-1-3-5-9;1-8(10)7-9-5-3-2-4-6-9;1-8-4-2-3-7(5-8)6-9;1-7-4-2-6(8)3-5-7/h1-5,16-17H,6-12H2;1-5,13,16H,6-12H2;2-6,16H,7-11H2;1-5,13,15H,6-11H2;1-3,5-6,12,14H,4,7-10H2;1-5,12,14H,6-10H2;10,12-13H,1-9H2;8,10-11H,1-7H2;8,10H,2-7H2,1H3;7,9H,2-6H2,1H3;2-5H2,1H3. The van der Waals surface area contributed by atoms with Crippen molar-refractivity contribution in [3.63, 3.8) is 0 Å². The van der Waals surface area contributed by atoms with E-state index in [9.17, 15) is 25.2 Å². The summed E-state index contributed by atoms with van der Waals surface area (Å²) in [6.45, 7) is 41.7. The highest BCUT2D eigenvalue weighted by atomic mass is 16.3. The molecule has 143 heavy (non-hydrogen) atoms. The van der Waals surface area contributed by atoms with Crippen LogP contribution < -0.4 is 0 Å². The number of nitrogens with zero attached hydrogens (tertiary/aromatic N) is 12. The number of rotatable bonds is 28. The maximum absolute atomic E-state index is 10.6. The molecule has 6 aromatic rings. The fourth-order valence-corrected chi connectivity index (χ4v) is 20.3. The number of ketones is 1. The summed E-state index contributed by atoms with van der Waals surface area (Å²) in [6, 6.07) is 62.9. The molecule has 0 aliphatic carbocycles. The lowest BCUT2D eigenvalue weighted by atomic mass is 9.88. The first-order valence-corrected chi connectivity index (χ1v) is 54.9. The van der Waals surface area contributed by atoms with Crippen LogP contribution in [0.3, 0.4) is 0 Å². The summed E-state index contributed by atoms with van der Waals surface area (Å²) in [5.74, 6) is 3.06. The van der Waals surface area contributed by atoms with Crippen LogP contribution in [0.4, 0.5) is 0 Å². The molecule has 0 aromatic heterocycles. The van der Waals surface area contributed by atoms with Crippen LogP contribution in [0.15, 0.2) is 182 Å². The molecule has 11 fully saturated rings. The van der Waals surface area contributed by atoms with E-state index in [2.05, 4.69) is 211 Å². The summed E-state index contributed by atoms with van der Waals surface area (Å²) < 4.78 is 0. The van der Waals surface area contributed by atoms with E-state index in [0.717, 1.165) is 253 Å². The van der Waals surface area contributed by atoms with Gasteiger partial charge in [0.2, 0.25) is 0 Å². The van der Waals surface area contributed by atoms with Gasteiger partial charge in [-0.25, -0.2) is 6.57 Å². The van der Waals surface area contributed by atoms with Gasteiger partial charge in [-0.05, 0) is 298 Å². The van der Waals surface area contributed by atoms with E-state index in [1.807, 2.05) is 50.4 Å². The minimum absolute atomic E-state index is 0.0676. The molecule has 11 heterocycles. The Labute approximate surface area is 862 Å². The number of aliphatic hydroxyl groups is 13. The van der Waals surface area contributed by atoms with Gasteiger partial charge in [0, 0.05) is 170 Å². The molecule has 11 saturated heterocycles. The van der Waals surface area contributed by atoms with Crippen molar-refractivity contribution in [2.75, 3.05) is 224 Å². The number of carbonyl (C=O) groups excluding carboxylic acids is 1. The Hall–Kier alpha value is -6.48. The van der Waals surface area contributed by atoms with Crippen molar-refractivity contribution in [2.45, 2.75) is 262 Å². The van der Waals surface area contributed by atoms with Crippen LogP contribution in [0, 0.1) is 30.2 Å². The summed E-state index contributed by atoms with van der Waals surface area (Å²) in [4.78, 5) is 39.6. The average Bonchev–Trinajstić information content (AvgIpc) is 0.850. The number of hydrogen-bond acceptors (Lipinski definition) is 25. The molecular formula is C117H192N12O14. The molecule has 0 spiro atoms. The minimum atomic E-state index is -1.10. The number of likely N-dealkylation sites (tertiary alicyclic amines) is 11. The molecule has 0 bridgehead atoms. The number of β-amino-alcohol motifs (C(OH)–C–C–N with tert-alkyl or cyclic N) is 4. The number of Topliss-reactive ketones (excluding diaryl/α,β-unsaturated/α-hetero) is 1. The Balaban J connectivity index is 0.000000215. The molecule has 4 unspecified atom stereocenters. The fourth-order valence-electron chi connectivity index (χ4n) is 20.3. The van der Waals surface area contributed by atoms with Gasteiger partial charge < -0.3 is 90.9 Å². The van der Waals surface area contributed by atoms with Crippen molar-refractivity contribution in [1.82, 2.24) is 53.9 Å². The molecule has 13 N–H and O–H groups in total. The van der Waals surface area contributed by atoms with Crippen LogP contribution in [0.2, 0.25) is 0 Å². The van der Waals surface area contributed by atoms with Crippen LogP contribution in [-0.2, 0) is 44.1 Å². The van der Waals surface area contributed by atoms with Crippen LogP contribution in [0.25, 0.3) is 4.85 Å². The second-order valence-corrected chi connectivity index (χ2v) is 42.0. The second kappa shape index (κ2) is 75.3. The van der Waals surface area contributed by atoms with Gasteiger partial charge in [-0.15, -0.1) is 0 Å². The van der Waals surface area contributed by atoms with Gasteiger partial charge in [-0.1, -0.05) is 195 Å².